The average molecular weight is 305 g/mol. The van der Waals surface area contributed by atoms with Crippen LogP contribution in [-0.4, -0.2) is 39.0 Å². The Balaban J connectivity index is 2.99. The first-order valence-electron chi connectivity index (χ1n) is 5.88. The van der Waals surface area contributed by atoms with Gasteiger partial charge in [0.1, 0.15) is 11.4 Å². The van der Waals surface area contributed by atoms with Crippen LogP contribution in [0, 0.1) is 0 Å². The fourth-order valence-corrected chi connectivity index (χ4v) is 2.73. The molecule has 0 bridgehead atoms. The zero-order valence-electron chi connectivity index (χ0n) is 10.9. The number of carbonyl (C=O) groups excluding carboxylic acids is 1. The van der Waals surface area contributed by atoms with Crippen LogP contribution in [0.5, 0.6) is 5.75 Å². The predicted octanol–water partition coefficient (Wildman–Crippen LogP) is 1.67. The first-order valence-corrected chi connectivity index (χ1v) is 7.53. The largest absolute Gasteiger partial charge is 0.506 e. The minimum atomic E-state index is -3.78. The molecule has 0 unspecified atom stereocenters. The van der Waals surface area contributed by atoms with Gasteiger partial charge >= 0.3 is 5.97 Å². The number of anilines is 1. The van der Waals surface area contributed by atoms with Gasteiger partial charge in [0.25, 0.3) is 0 Å². The number of rotatable bonds is 7. The number of esters is 1. The van der Waals surface area contributed by atoms with E-state index in [-0.39, 0.29) is 35.6 Å². The summed E-state index contributed by atoms with van der Waals surface area (Å²) in [6, 6.07) is 3.96. The Hall–Kier alpha value is -1.83. The molecule has 0 heterocycles. The zero-order valence-corrected chi connectivity index (χ0v) is 11.7. The third kappa shape index (κ3) is 4.37. The molecule has 20 heavy (non-hydrogen) atoms. The standard InChI is InChI=1S/C12H16FNO5S/c1-19-12(16)9-5-4-6-10(15)11(9)14-20(17,18)8-3-2-7-13/h4-6,14-15H,2-3,7-8H2,1H3. The molecule has 0 aliphatic carbocycles. The number of ether oxygens (including phenoxy) is 1. The number of sulfonamides is 1. The van der Waals surface area contributed by atoms with Gasteiger partial charge in [-0.15, -0.1) is 0 Å². The van der Waals surface area contributed by atoms with Gasteiger partial charge in [-0.2, -0.15) is 0 Å². The van der Waals surface area contributed by atoms with Crippen LogP contribution in [0.2, 0.25) is 0 Å². The minimum absolute atomic E-state index is 0.0958. The molecule has 0 saturated heterocycles. The normalized spacial score (nSPS) is 11.1. The van der Waals surface area contributed by atoms with E-state index < -0.39 is 22.7 Å². The zero-order chi connectivity index (χ0) is 15.2. The molecule has 6 nitrogen and oxygen atoms in total. The van der Waals surface area contributed by atoms with E-state index in [9.17, 15) is 22.7 Å². The highest BCUT2D eigenvalue weighted by Gasteiger charge is 2.20. The van der Waals surface area contributed by atoms with Crippen LogP contribution in [0.3, 0.4) is 0 Å². The number of nitrogens with one attached hydrogen (secondary N) is 1. The number of halogens is 1. The number of aromatic hydroxyl groups is 1. The molecule has 0 spiro atoms. The SMILES string of the molecule is COC(=O)c1cccc(O)c1NS(=O)(=O)CCCCF. The topological polar surface area (TPSA) is 92.7 Å². The maximum Gasteiger partial charge on any atom is 0.340 e. The highest BCUT2D eigenvalue weighted by molar-refractivity contribution is 7.92. The smallest absolute Gasteiger partial charge is 0.340 e. The Morgan fingerprint density at radius 1 is 1.40 bits per heavy atom. The lowest BCUT2D eigenvalue weighted by molar-refractivity contribution is 0.0601. The van der Waals surface area contributed by atoms with Crippen molar-refractivity contribution in [3.63, 3.8) is 0 Å². The molecule has 0 atom stereocenters. The van der Waals surface area contributed by atoms with Gasteiger partial charge in [-0.25, -0.2) is 13.2 Å². The van der Waals surface area contributed by atoms with Crippen LogP contribution in [0.15, 0.2) is 18.2 Å². The summed E-state index contributed by atoms with van der Waals surface area (Å²) in [5.41, 5.74) is -0.332. The summed E-state index contributed by atoms with van der Waals surface area (Å²) in [6.45, 7) is -0.598. The number of methoxy groups -OCH3 is 1. The molecular formula is C12H16FNO5S. The molecule has 1 aromatic rings. The monoisotopic (exact) mass is 305 g/mol. The number of unbranched alkanes of at least 4 members (excludes halogenated alkanes) is 1. The van der Waals surface area contributed by atoms with Crippen molar-refractivity contribution in [3.8, 4) is 5.75 Å². The van der Waals surface area contributed by atoms with Gasteiger partial charge < -0.3 is 9.84 Å². The highest BCUT2D eigenvalue weighted by atomic mass is 32.2. The second kappa shape index (κ2) is 7.09. The lowest BCUT2D eigenvalue weighted by Crippen LogP contribution is -2.19. The second-order valence-corrected chi connectivity index (χ2v) is 5.85. The van der Waals surface area contributed by atoms with Crippen LogP contribution in [0.1, 0.15) is 23.2 Å². The second-order valence-electron chi connectivity index (χ2n) is 4.01. The molecule has 0 aromatic heterocycles. The molecule has 0 amide bonds. The van der Waals surface area contributed by atoms with Gasteiger partial charge in [-0.1, -0.05) is 6.07 Å². The average Bonchev–Trinajstić information content (AvgIpc) is 2.40. The van der Waals surface area contributed by atoms with Crippen LogP contribution >= 0.6 is 0 Å². The Labute approximate surface area is 116 Å². The summed E-state index contributed by atoms with van der Waals surface area (Å²) in [5, 5.41) is 9.68. The highest BCUT2D eigenvalue weighted by Crippen LogP contribution is 2.29. The van der Waals surface area contributed by atoms with E-state index in [2.05, 4.69) is 9.46 Å². The number of phenols is 1. The molecule has 1 aromatic carbocycles. The number of hydrogen-bond donors (Lipinski definition) is 2. The van der Waals surface area contributed by atoms with Gasteiger partial charge in [-0.3, -0.25) is 9.11 Å². The summed E-state index contributed by atoms with van der Waals surface area (Å²) in [4.78, 5) is 11.5. The summed E-state index contributed by atoms with van der Waals surface area (Å²) >= 11 is 0. The van der Waals surface area contributed by atoms with E-state index in [0.29, 0.717) is 0 Å². The van der Waals surface area contributed by atoms with Gasteiger partial charge in [0.15, 0.2) is 0 Å². The van der Waals surface area contributed by atoms with Crippen molar-refractivity contribution >= 4 is 21.7 Å². The Morgan fingerprint density at radius 3 is 2.70 bits per heavy atom. The first-order chi connectivity index (χ1) is 9.41. The lowest BCUT2D eigenvalue weighted by atomic mass is 10.1. The van der Waals surface area contributed by atoms with Crippen LogP contribution in [-0.2, 0) is 14.8 Å². The Kier molecular flexibility index (Phi) is 5.75. The van der Waals surface area contributed by atoms with Crippen molar-refractivity contribution < 1.29 is 27.4 Å². The molecule has 112 valence electrons. The van der Waals surface area contributed by atoms with Gasteiger partial charge in [0.2, 0.25) is 10.0 Å². The predicted molar refractivity (Wildman–Crippen MR) is 72.1 cm³/mol. The number of hydrogen-bond acceptors (Lipinski definition) is 5. The van der Waals surface area contributed by atoms with Gasteiger partial charge in [-0.05, 0) is 25.0 Å². The summed E-state index contributed by atoms with van der Waals surface area (Å²) in [7, 11) is -2.63. The third-order valence-corrected chi connectivity index (χ3v) is 3.84. The molecule has 0 aliphatic rings. The molecule has 2 N–H and O–H groups in total. The minimum Gasteiger partial charge on any atom is -0.506 e. The summed E-state index contributed by atoms with van der Waals surface area (Å²) in [6.07, 6.45) is 0.276. The maximum atomic E-state index is 12.0. The fourth-order valence-electron chi connectivity index (χ4n) is 1.52. The number of carbonyl (C=O) groups is 1. The number of benzene rings is 1. The molecule has 0 saturated carbocycles. The van der Waals surface area contributed by atoms with Crippen LogP contribution < -0.4 is 4.72 Å². The first kappa shape index (κ1) is 16.2. The van der Waals surface area contributed by atoms with Crippen molar-refractivity contribution in [2.75, 3.05) is 24.3 Å². The maximum absolute atomic E-state index is 12.0. The van der Waals surface area contributed by atoms with E-state index in [1.165, 1.54) is 18.2 Å². The summed E-state index contributed by atoms with van der Waals surface area (Å²) in [5.74, 6) is -1.46. The number of phenolic OH excluding ortho intramolecular Hbond substituents is 1. The van der Waals surface area contributed by atoms with E-state index in [1.807, 2.05) is 0 Å². The van der Waals surface area contributed by atoms with E-state index >= 15 is 0 Å². The molecular weight excluding hydrogens is 289 g/mol. The van der Waals surface area contributed by atoms with Gasteiger partial charge in [0, 0.05) is 0 Å². The Morgan fingerprint density at radius 2 is 2.10 bits per heavy atom. The quantitative estimate of drug-likeness (QED) is 0.454. The molecule has 0 aliphatic heterocycles. The Bertz CT molecular complexity index is 573. The van der Waals surface area contributed by atoms with Crippen molar-refractivity contribution in [2.24, 2.45) is 0 Å². The molecule has 0 fully saturated rings. The summed E-state index contributed by atoms with van der Waals surface area (Å²) < 4.78 is 42.2. The van der Waals surface area contributed by atoms with Crippen LogP contribution in [0.25, 0.3) is 0 Å². The van der Waals surface area contributed by atoms with E-state index in [0.717, 1.165) is 7.11 Å². The third-order valence-electron chi connectivity index (χ3n) is 2.50. The van der Waals surface area contributed by atoms with Crippen molar-refractivity contribution in [3.05, 3.63) is 23.8 Å². The molecule has 0 radical (unpaired) electrons. The van der Waals surface area contributed by atoms with E-state index in [1.54, 1.807) is 0 Å². The van der Waals surface area contributed by atoms with Crippen molar-refractivity contribution in [1.29, 1.82) is 0 Å². The van der Waals surface area contributed by atoms with Crippen molar-refractivity contribution in [1.82, 2.24) is 0 Å². The molecule has 8 heteroatoms. The number of para-hydroxylation sites is 1. The fraction of sp³-hybridized carbons (Fsp3) is 0.417. The number of alkyl halides is 1. The van der Waals surface area contributed by atoms with E-state index in [4.69, 9.17) is 0 Å². The molecule has 1 rings (SSSR count). The lowest BCUT2D eigenvalue weighted by Gasteiger charge is -2.12. The van der Waals surface area contributed by atoms with Gasteiger partial charge in [0.05, 0.1) is 25.1 Å². The van der Waals surface area contributed by atoms with Crippen LogP contribution in [0.4, 0.5) is 10.1 Å². The van der Waals surface area contributed by atoms with Crippen molar-refractivity contribution in [2.45, 2.75) is 12.8 Å².